The van der Waals surface area contributed by atoms with Gasteiger partial charge in [0.25, 0.3) is 0 Å². The second-order valence-electron chi connectivity index (χ2n) is 3.52. The molecule has 1 saturated heterocycles. The van der Waals surface area contributed by atoms with E-state index in [1.807, 2.05) is 6.92 Å². The van der Waals surface area contributed by atoms with Crippen LogP contribution in [0.4, 0.5) is 0 Å². The van der Waals surface area contributed by atoms with Crippen molar-refractivity contribution in [3.05, 3.63) is 0 Å². The minimum absolute atomic E-state index is 0.0250. The van der Waals surface area contributed by atoms with Gasteiger partial charge in [0.15, 0.2) is 0 Å². The maximum absolute atomic E-state index is 11.3. The Balaban J connectivity index is 2.77. The van der Waals surface area contributed by atoms with Gasteiger partial charge in [-0.1, -0.05) is 13.8 Å². The van der Waals surface area contributed by atoms with E-state index in [0.29, 0.717) is 6.61 Å². The van der Waals surface area contributed by atoms with Crippen LogP contribution in [-0.4, -0.2) is 12.7 Å². The van der Waals surface area contributed by atoms with Gasteiger partial charge in [-0.25, -0.2) is 4.57 Å². The van der Waals surface area contributed by atoms with Gasteiger partial charge in [-0.3, -0.25) is 9.05 Å². The molecule has 0 spiro atoms. The Morgan fingerprint density at radius 3 is 2.46 bits per heavy atom. The molecule has 1 fully saturated rings. The Morgan fingerprint density at radius 2 is 2.08 bits per heavy atom. The van der Waals surface area contributed by atoms with Crippen LogP contribution in [0.3, 0.4) is 0 Å². The number of rotatable bonds is 2. The van der Waals surface area contributed by atoms with E-state index >= 15 is 0 Å². The summed E-state index contributed by atoms with van der Waals surface area (Å²) in [5, 5.41) is 0. The van der Waals surface area contributed by atoms with Gasteiger partial charge in [-0.15, -0.1) is 0 Å². The molecule has 0 aromatic heterocycles. The molecular weight excluding hydrogens is 211 g/mol. The summed E-state index contributed by atoms with van der Waals surface area (Å²) < 4.78 is 21.5. The molecule has 0 N–H and O–H groups in total. The first-order valence-corrected chi connectivity index (χ1v) is 7.03. The van der Waals surface area contributed by atoms with Gasteiger partial charge in [0.1, 0.15) is 0 Å². The number of halogens is 1. The van der Waals surface area contributed by atoms with Crippen molar-refractivity contribution in [2.24, 2.45) is 5.41 Å². The highest BCUT2D eigenvalue weighted by atomic mass is 35.7. The second-order valence-corrected chi connectivity index (χ2v) is 6.09. The highest BCUT2D eigenvalue weighted by Gasteiger charge is 2.44. The lowest BCUT2D eigenvalue weighted by Crippen LogP contribution is -2.40. The van der Waals surface area contributed by atoms with E-state index in [0.717, 1.165) is 12.8 Å². The molecule has 0 amide bonds. The van der Waals surface area contributed by atoms with Crippen LogP contribution in [0.15, 0.2) is 0 Å². The van der Waals surface area contributed by atoms with Crippen LogP contribution in [0.1, 0.15) is 33.6 Å². The molecule has 0 aliphatic carbocycles. The standard InChI is InChI=1S/C8H16ClO3P/c1-4-8(5-2)6-11-13(9,10)12-7(8)3/h7H,4-6H2,1-3H3. The lowest BCUT2D eigenvalue weighted by molar-refractivity contribution is -0.0364. The summed E-state index contributed by atoms with van der Waals surface area (Å²) in [6.07, 6.45) is 1.79. The fourth-order valence-electron chi connectivity index (χ4n) is 1.68. The Bertz CT molecular complexity index is 227. The molecule has 2 unspecified atom stereocenters. The van der Waals surface area contributed by atoms with Gasteiger partial charge < -0.3 is 0 Å². The molecule has 3 nitrogen and oxygen atoms in total. The summed E-state index contributed by atoms with van der Waals surface area (Å²) in [6, 6.07) is 0. The highest BCUT2D eigenvalue weighted by Crippen LogP contribution is 2.61. The zero-order valence-electron chi connectivity index (χ0n) is 8.25. The highest BCUT2D eigenvalue weighted by molar-refractivity contribution is 7.81. The minimum atomic E-state index is -3.28. The van der Waals surface area contributed by atoms with E-state index in [2.05, 4.69) is 13.8 Å². The number of hydrogen-bond donors (Lipinski definition) is 0. The predicted octanol–water partition coefficient (Wildman–Crippen LogP) is 3.58. The number of hydrogen-bond acceptors (Lipinski definition) is 3. The van der Waals surface area contributed by atoms with E-state index in [1.165, 1.54) is 0 Å². The van der Waals surface area contributed by atoms with Crippen LogP contribution in [-0.2, 0) is 13.6 Å². The smallest absolute Gasteiger partial charge is 0.296 e. The Morgan fingerprint density at radius 1 is 1.54 bits per heavy atom. The minimum Gasteiger partial charge on any atom is -0.296 e. The Labute approximate surface area is 84.1 Å². The average molecular weight is 227 g/mol. The molecule has 1 aliphatic heterocycles. The fraction of sp³-hybridized carbons (Fsp3) is 1.00. The van der Waals surface area contributed by atoms with Crippen molar-refractivity contribution in [2.45, 2.75) is 39.7 Å². The van der Waals surface area contributed by atoms with Crippen LogP contribution in [0.5, 0.6) is 0 Å². The largest absolute Gasteiger partial charge is 0.424 e. The van der Waals surface area contributed by atoms with Crippen molar-refractivity contribution in [1.82, 2.24) is 0 Å². The Kier molecular flexibility index (Phi) is 3.45. The predicted molar refractivity (Wildman–Crippen MR) is 53.0 cm³/mol. The molecule has 0 aromatic rings. The van der Waals surface area contributed by atoms with Gasteiger partial charge in [0.2, 0.25) is 0 Å². The lowest BCUT2D eigenvalue weighted by Gasteiger charge is -2.41. The quantitative estimate of drug-likeness (QED) is 0.675. The van der Waals surface area contributed by atoms with Crippen molar-refractivity contribution < 1.29 is 13.6 Å². The third-order valence-electron chi connectivity index (χ3n) is 3.06. The summed E-state index contributed by atoms with van der Waals surface area (Å²) in [5.74, 6) is 0. The van der Waals surface area contributed by atoms with Gasteiger partial charge in [-0.05, 0) is 19.8 Å². The van der Waals surface area contributed by atoms with Crippen LogP contribution in [0.25, 0.3) is 0 Å². The molecule has 5 heteroatoms. The van der Waals surface area contributed by atoms with E-state index in [-0.39, 0.29) is 11.5 Å². The molecule has 1 heterocycles. The van der Waals surface area contributed by atoms with E-state index in [9.17, 15) is 4.57 Å². The lowest BCUT2D eigenvalue weighted by atomic mass is 9.78. The molecule has 1 aliphatic rings. The van der Waals surface area contributed by atoms with E-state index in [4.69, 9.17) is 20.3 Å². The fourth-order valence-corrected chi connectivity index (χ4v) is 3.26. The van der Waals surface area contributed by atoms with Crippen LogP contribution < -0.4 is 0 Å². The SMILES string of the molecule is CCC1(CC)COP(=O)(Cl)OC1C. The van der Waals surface area contributed by atoms with Crippen molar-refractivity contribution >= 4 is 18.2 Å². The van der Waals surface area contributed by atoms with Crippen molar-refractivity contribution in [2.75, 3.05) is 6.61 Å². The van der Waals surface area contributed by atoms with Gasteiger partial charge in [0.05, 0.1) is 12.7 Å². The molecule has 1 rings (SSSR count). The van der Waals surface area contributed by atoms with Crippen LogP contribution in [0, 0.1) is 5.41 Å². The average Bonchev–Trinajstić information content (AvgIpc) is 2.05. The van der Waals surface area contributed by atoms with Crippen molar-refractivity contribution in [3.8, 4) is 0 Å². The Hall–Kier alpha value is 0.440. The first-order chi connectivity index (χ1) is 5.96. The maximum Gasteiger partial charge on any atom is 0.424 e. The first-order valence-electron chi connectivity index (χ1n) is 4.58. The van der Waals surface area contributed by atoms with Gasteiger partial charge in [-0.2, -0.15) is 0 Å². The zero-order valence-corrected chi connectivity index (χ0v) is 9.90. The third-order valence-corrected chi connectivity index (χ3v) is 4.60. The monoisotopic (exact) mass is 226 g/mol. The molecular formula is C8H16ClO3P. The van der Waals surface area contributed by atoms with Crippen LogP contribution in [0.2, 0.25) is 0 Å². The van der Waals surface area contributed by atoms with Gasteiger partial charge in [0, 0.05) is 16.7 Å². The van der Waals surface area contributed by atoms with Crippen LogP contribution >= 0.6 is 18.2 Å². The van der Waals surface area contributed by atoms with E-state index in [1.54, 1.807) is 0 Å². The maximum atomic E-state index is 11.3. The summed E-state index contributed by atoms with van der Waals surface area (Å²) >= 11 is 5.52. The summed E-state index contributed by atoms with van der Waals surface area (Å²) in [5.41, 5.74) is -0.0250. The molecule has 0 radical (unpaired) electrons. The third kappa shape index (κ3) is 2.27. The van der Waals surface area contributed by atoms with Crippen molar-refractivity contribution in [3.63, 3.8) is 0 Å². The molecule has 0 aromatic carbocycles. The summed E-state index contributed by atoms with van der Waals surface area (Å²) in [7, 11) is 0. The van der Waals surface area contributed by atoms with Crippen molar-refractivity contribution in [1.29, 1.82) is 0 Å². The zero-order chi connectivity index (χ0) is 10.1. The molecule has 13 heavy (non-hydrogen) atoms. The first kappa shape index (κ1) is 11.5. The second kappa shape index (κ2) is 3.90. The van der Waals surface area contributed by atoms with E-state index < -0.39 is 6.95 Å². The summed E-state index contributed by atoms with van der Waals surface area (Å²) in [6.45, 7) is 3.22. The molecule has 0 bridgehead atoms. The molecule has 2 atom stereocenters. The molecule has 78 valence electrons. The van der Waals surface area contributed by atoms with Gasteiger partial charge >= 0.3 is 6.95 Å². The molecule has 0 saturated carbocycles. The topological polar surface area (TPSA) is 35.5 Å². The summed E-state index contributed by atoms with van der Waals surface area (Å²) in [4.78, 5) is 0. The normalized spacial score (nSPS) is 38.9.